The molecule has 3 aromatic carbocycles. The predicted molar refractivity (Wildman–Crippen MR) is 131 cm³/mol. The average molecular weight is 488 g/mol. The van der Waals surface area contributed by atoms with Crippen molar-refractivity contribution in [1.29, 1.82) is 5.26 Å². The number of rotatable bonds is 8. The van der Waals surface area contributed by atoms with Crippen molar-refractivity contribution in [2.75, 3.05) is 6.61 Å². The van der Waals surface area contributed by atoms with Crippen molar-refractivity contribution in [3.63, 3.8) is 0 Å². The highest BCUT2D eigenvalue weighted by Gasteiger charge is 2.22. The quantitative estimate of drug-likeness (QED) is 0.158. The number of benzene rings is 3. The van der Waals surface area contributed by atoms with Crippen molar-refractivity contribution in [3.8, 4) is 23.3 Å². The van der Waals surface area contributed by atoms with E-state index < -0.39 is 21.2 Å². The Kier molecular flexibility index (Phi) is 6.66. The number of para-hydroxylation sites is 1. The fourth-order valence-corrected chi connectivity index (χ4v) is 4.16. The molecule has 4 aromatic rings. The van der Waals surface area contributed by atoms with Gasteiger partial charge in [0, 0.05) is 6.07 Å². The number of fused-ring (bicyclic) bond motifs is 1. The Morgan fingerprint density at radius 2 is 1.83 bits per heavy atom. The summed E-state index contributed by atoms with van der Waals surface area (Å²) in [5.74, 6) is 0.298. The van der Waals surface area contributed by atoms with Crippen molar-refractivity contribution < 1.29 is 19.3 Å². The number of allylic oxidation sites excluding steroid dienone is 1. The molecule has 1 heterocycles. The lowest BCUT2D eigenvalue weighted by Crippen LogP contribution is -1.99. The Balaban J connectivity index is 1.70. The van der Waals surface area contributed by atoms with Gasteiger partial charge in [0.25, 0.3) is 5.69 Å². The zero-order chi connectivity index (χ0) is 24.9. The summed E-state index contributed by atoms with van der Waals surface area (Å²) in [6, 6.07) is 17.8. The van der Waals surface area contributed by atoms with Crippen LogP contribution in [0.15, 0.2) is 60.7 Å². The summed E-state index contributed by atoms with van der Waals surface area (Å²) in [7, 11) is 0. The van der Waals surface area contributed by atoms with Gasteiger partial charge in [0.05, 0.1) is 38.3 Å². The number of thiazole rings is 1. The lowest BCUT2D eigenvalue weighted by Gasteiger charge is -2.12. The summed E-state index contributed by atoms with van der Waals surface area (Å²) in [5.41, 5.74) is 0.835. The second kappa shape index (κ2) is 9.98. The van der Waals surface area contributed by atoms with Crippen LogP contribution in [0.3, 0.4) is 0 Å². The van der Waals surface area contributed by atoms with Gasteiger partial charge < -0.3 is 9.47 Å². The molecule has 0 aliphatic rings. The van der Waals surface area contributed by atoms with Crippen molar-refractivity contribution in [2.45, 2.75) is 6.92 Å². The van der Waals surface area contributed by atoms with E-state index in [2.05, 4.69) is 11.1 Å². The molecular weight excluding hydrogens is 472 g/mol. The van der Waals surface area contributed by atoms with E-state index in [0.29, 0.717) is 16.1 Å². The molecule has 35 heavy (non-hydrogen) atoms. The van der Waals surface area contributed by atoms with Crippen molar-refractivity contribution in [1.82, 2.24) is 4.98 Å². The van der Waals surface area contributed by atoms with E-state index in [-0.39, 0.29) is 23.9 Å². The summed E-state index contributed by atoms with van der Waals surface area (Å²) in [5, 5.41) is 32.7. The zero-order valence-electron chi connectivity index (χ0n) is 18.2. The van der Waals surface area contributed by atoms with Crippen LogP contribution in [0.1, 0.15) is 17.5 Å². The molecule has 0 bridgehead atoms. The second-order valence-electron chi connectivity index (χ2n) is 7.06. The third kappa shape index (κ3) is 5.07. The highest BCUT2D eigenvalue weighted by atomic mass is 32.1. The molecule has 4 rings (SSSR count). The molecule has 0 aliphatic heterocycles. The van der Waals surface area contributed by atoms with Gasteiger partial charge in [-0.25, -0.2) is 4.98 Å². The van der Waals surface area contributed by atoms with Gasteiger partial charge in [0.15, 0.2) is 11.5 Å². The minimum absolute atomic E-state index is 0.169. The average Bonchev–Trinajstić information content (AvgIpc) is 3.28. The Bertz CT molecular complexity index is 1490. The fourth-order valence-electron chi connectivity index (χ4n) is 3.23. The first-order valence-electron chi connectivity index (χ1n) is 10.2. The van der Waals surface area contributed by atoms with Crippen LogP contribution in [0.5, 0.6) is 17.2 Å². The number of nitrogens with zero attached hydrogens (tertiary/aromatic N) is 4. The van der Waals surface area contributed by atoms with Gasteiger partial charge in [-0.1, -0.05) is 18.2 Å². The van der Waals surface area contributed by atoms with Gasteiger partial charge in [0.2, 0.25) is 5.75 Å². The third-order valence-corrected chi connectivity index (χ3v) is 5.86. The molecule has 0 unspecified atom stereocenters. The molecule has 0 N–H and O–H groups in total. The number of non-ortho nitro benzene ring substituents is 1. The van der Waals surface area contributed by atoms with Gasteiger partial charge in [-0.2, -0.15) is 5.26 Å². The van der Waals surface area contributed by atoms with Gasteiger partial charge in [-0.3, -0.25) is 20.2 Å². The maximum absolute atomic E-state index is 11.4. The first-order valence-corrected chi connectivity index (χ1v) is 11.1. The van der Waals surface area contributed by atoms with Crippen molar-refractivity contribution in [3.05, 3.63) is 91.5 Å². The van der Waals surface area contributed by atoms with E-state index in [0.717, 1.165) is 22.3 Å². The van der Waals surface area contributed by atoms with Gasteiger partial charge in [-0.15, -0.1) is 11.3 Å². The van der Waals surface area contributed by atoms with Crippen molar-refractivity contribution >= 4 is 44.6 Å². The molecule has 10 nitrogen and oxygen atoms in total. The number of nitro benzene ring substituents is 2. The summed E-state index contributed by atoms with van der Waals surface area (Å²) in [4.78, 5) is 25.5. The Morgan fingerprint density at radius 3 is 2.51 bits per heavy atom. The maximum Gasteiger partial charge on any atom is 0.318 e. The van der Waals surface area contributed by atoms with Crippen LogP contribution in [0.4, 0.5) is 11.4 Å². The minimum atomic E-state index is -0.753. The van der Waals surface area contributed by atoms with E-state index in [1.807, 2.05) is 24.3 Å². The predicted octanol–water partition coefficient (Wildman–Crippen LogP) is 6.37. The standard InChI is InChI=1S/C24H16N4O6S/c1-2-33-22-12-15(11-16(14-25)24-26-18-5-3-4-6-23(18)35-24)7-9-21(22)34-20-10-8-17(27(29)30)13-19(20)28(31)32/h3-13H,2H2,1H3/b16-11+. The van der Waals surface area contributed by atoms with Crippen LogP contribution < -0.4 is 9.47 Å². The second-order valence-corrected chi connectivity index (χ2v) is 8.09. The number of ether oxygens (including phenoxy) is 2. The molecule has 1 aromatic heterocycles. The number of aromatic nitrogens is 1. The first-order chi connectivity index (χ1) is 16.9. The largest absolute Gasteiger partial charge is 0.490 e. The van der Waals surface area contributed by atoms with Crippen LogP contribution in [-0.4, -0.2) is 21.4 Å². The van der Waals surface area contributed by atoms with Crippen LogP contribution >= 0.6 is 11.3 Å². The Labute approximate surface area is 202 Å². The molecule has 0 radical (unpaired) electrons. The summed E-state index contributed by atoms with van der Waals surface area (Å²) < 4.78 is 12.3. The lowest BCUT2D eigenvalue weighted by molar-refractivity contribution is -0.394. The zero-order valence-corrected chi connectivity index (χ0v) is 19.0. The molecule has 174 valence electrons. The molecule has 0 amide bonds. The van der Waals surface area contributed by atoms with Crippen molar-refractivity contribution in [2.24, 2.45) is 0 Å². The van der Waals surface area contributed by atoms with E-state index >= 15 is 0 Å². The number of hydrogen-bond donors (Lipinski definition) is 0. The first kappa shape index (κ1) is 23.3. The monoisotopic (exact) mass is 488 g/mol. The maximum atomic E-state index is 11.4. The SMILES string of the molecule is CCOc1cc(/C=C(\C#N)c2nc3ccccc3s2)ccc1Oc1ccc([N+](=O)[O-])cc1[N+](=O)[O-]. The van der Waals surface area contributed by atoms with E-state index in [4.69, 9.17) is 9.47 Å². The topological polar surface area (TPSA) is 141 Å². The van der Waals surface area contributed by atoms with E-state index in [1.54, 1.807) is 31.2 Å². The van der Waals surface area contributed by atoms with Crippen LogP contribution in [-0.2, 0) is 0 Å². The van der Waals surface area contributed by atoms with E-state index in [1.165, 1.54) is 17.4 Å². The molecule has 0 spiro atoms. The number of nitriles is 1. The van der Waals surface area contributed by atoms with Crippen LogP contribution in [0, 0.1) is 31.6 Å². The lowest BCUT2D eigenvalue weighted by atomic mass is 10.1. The van der Waals surface area contributed by atoms with Crippen LogP contribution in [0.2, 0.25) is 0 Å². The highest BCUT2D eigenvalue weighted by Crippen LogP contribution is 2.39. The number of nitro groups is 2. The number of hydrogen-bond acceptors (Lipinski definition) is 9. The molecular formula is C24H16N4O6S. The minimum Gasteiger partial charge on any atom is -0.490 e. The van der Waals surface area contributed by atoms with Crippen LogP contribution in [0.25, 0.3) is 21.9 Å². The Hall–Kier alpha value is -4.82. The molecule has 0 fully saturated rings. The van der Waals surface area contributed by atoms with Gasteiger partial charge >= 0.3 is 5.69 Å². The summed E-state index contributed by atoms with van der Waals surface area (Å²) >= 11 is 1.41. The molecule has 0 atom stereocenters. The fraction of sp³-hybridized carbons (Fsp3) is 0.0833. The Morgan fingerprint density at radius 1 is 1.06 bits per heavy atom. The van der Waals surface area contributed by atoms with Gasteiger partial charge in [-0.05, 0) is 48.9 Å². The van der Waals surface area contributed by atoms with E-state index in [9.17, 15) is 25.5 Å². The summed E-state index contributed by atoms with van der Waals surface area (Å²) in [6.45, 7) is 2.05. The normalized spacial score (nSPS) is 11.1. The molecule has 0 aliphatic carbocycles. The molecule has 11 heteroatoms. The smallest absolute Gasteiger partial charge is 0.318 e. The summed E-state index contributed by atoms with van der Waals surface area (Å²) in [6.07, 6.45) is 1.67. The highest BCUT2D eigenvalue weighted by molar-refractivity contribution is 7.19. The molecule has 0 saturated carbocycles. The third-order valence-electron chi connectivity index (χ3n) is 4.79. The molecule has 0 saturated heterocycles. The van der Waals surface area contributed by atoms with Gasteiger partial charge in [0.1, 0.15) is 11.1 Å².